The Morgan fingerprint density at radius 3 is 2.61 bits per heavy atom. The largest absolute Gasteiger partial charge is 0.478 e. The smallest absolute Gasteiger partial charge is 0.337 e. The third-order valence-corrected chi connectivity index (χ3v) is 3.10. The van der Waals surface area contributed by atoms with E-state index in [1.807, 2.05) is 5.01 Å². The van der Waals surface area contributed by atoms with Crippen molar-refractivity contribution in [3.63, 3.8) is 0 Å². The normalized spacial score (nSPS) is 17.6. The Labute approximate surface area is 106 Å². The second-order valence-corrected chi connectivity index (χ2v) is 4.48. The molecule has 0 radical (unpaired) electrons. The summed E-state index contributed by atoms with van der Waals surface area (Å²) in [6, 6.07) is 4.90. The first-order valence-corrected chi connectivity index (χ1v) is 5.90. The fourth-order valence-corrected chi connectivity index (χ4v) is 1.95. The molecule has 0 saturated carbocycles. The van der Waals surface area contributed by atoms with Crippen molar-refractivity contribution in [2.24, 2.45) is 0 Å². The van der Waals surface area contributed by atoms with E-state index in [-0.39, 0.29) is 5.56 Å². The standard InChI is InChI=1S/C12H18N4O2/c1-15-5-7-16(8-6-15)14-11-9(12(17)18)3-2-4-10(11)13/h2-4,14H,5-8,13H2,1H3,(H,17,18). The molecule has 6 nitrogen and oxygen atoms in total. The van der Waals surface area contributed by atoms with Gasteiger partial charge in [-0.1, -0.05) is 6.07 Å². The first-order chi connectivity index (χ1) is 8.58. The summed E-state index contributed by atoms with van der Waals surface area (Å²) in [5.74, 6) is -0.973. The van der Waals surface area contributed by atoms with E-state index < -0.39 is 5.97 Å². The van der Waals surface area contributed by atoms with Crippen molar-refractivity contribution < 1.29 is 9.90 Å². The van der Waals surface area contributed by atoms with Crippen LogP contribution < -0.4 is 11.2 Å². The number of nitrogens with two attached hydrogens (primary N) is 1. The number of piperazine rings is 1. The van der Waals surface area contributed by atoms with Crippen molar-refractivity contribution in [1.82, 2.24) is 9.91 Å². The molecular weight excluding hydrogens is 232 g/mol. The number of carboxylic acids is 1. The molecular formula is C12H18N4O2. The van der Waals surface area contributed by atoms with Crippen LogP contribution in [0.1, 0.15) is 10.4 Å². The van der Waals surface area contributed by atoms with E-state index in [1.165, 1.54) is 0 Å². The zero-order valence-electron chi connectivity index (χ0n) is 10.4. The van der Waals surface area contributed by atoms with Gasteiger partial charge in [-0.25, -0.2) is 9.80 Å². The molecule has 0 bridgehead atoms. The third kappa shape index (κ3) is 2.72. The monoisotopic (exact) mass is 250 g/mol. The number of para-hydroxylation sites is 1. The average molecular weight is 250 g/mol. The Balaban J connectivity index is 2.15. The number of likely N-dealkylation sites (N-methyl/N-ethyl adjacent to an activating group) is 1. The number of nitrogens with zero attached hydrogens (tertiary/aromatic N) is 2. The van der Waals surface area contributed by atoms with Crippen molar-refractivity contribution in [2.75, 3.05) is 44.4 Å². The van der Waals surface area contributed by atoms with Crippen LogP contribution in [0.25, 0.3) is 0 Å². The minimum absolute atomic E-state index is 0.203. The molecule has 1 aromatic rings. The van der Waals surface area contributed by atoms with Crippen LogP contribution in [0.5, 0.6) is 0 Å². The summed E-state index contributed by atoms with van der Waals surface area (Å²) in [5, 5.41) is 11.1. The minimum Gasteiger partial charge on any atom is -0.478 e. The minimum atomic E-state index is -0.973. The van der Waals surface area contributed by atoms with Crippen LogP contribution in [0.4, 0.5) is 11.4 Å². The molecule has 0 aromatic heterocycles. The van der Waals surface area contributed by atoms with Gasteiger partial charge in [0.2, 0.25) is 0 Å². The number of hydrogen-bond acceptors (Lipinski definition) is 5. The van der Waals surface area contributed by atoms with Gasteiger partial charge in [0.25, 0.3) is 0 Å². The van der Waals surface area contributed by atoms with E-state index in [1.54, 1.807) is 18.2 Å². The highest BCUT2D eigenvalue weighted by atomic mass is 16.4. The molecule has 0 unspecified atom stereocenters. The number of carbonyl (C=O) groups is 1. The molecule has 1 heterocycles. The number of nitrogen functional groups attached to an aromatic ring is 1. The summed E-state index contributed by atoms with van der Waals surface area (Å²) in [5.41, 5.74) is 10.1. The fraction of sp³-hybridized carbons (Fsp3) is 0.417. The summed E-state index contributed by atoms with van der Waals surface area (Å²) in [6.45, 7) is 3.57. The fourth-order valence-electron chi connectivity index (χ4n) is 1.95. The summed E-state index contributed by atoms with van der Waals surface area (Å²) in [4.78, 5) is 13.4. The number of hydrazine groups is 1. The molecule has 18 heavy (non-hydrogen) atoms. The number of benzene rings is 1. The SMILES string of the molecule is CN1CCN(Nc2c(N)cccc2C(=O)O)CC1. The molecule has 0 amide bonds. The Bertz CT molecular complexity index is 442. The first-order valence-electron chi connectivity index (χ1n) is 5.90. The van der Waals surface area contributed by atoms with Gasteiger partial charge in [0.15, 0.2) is 0 Å². The highest BCUT2D eigenvalue weighted by molar-refractivity contribution is 5.97. The van der Waals surface area contributed by atoms with Gasteiger partial charge in [0.1, 0.15) is 0 Å². The molecule has 0 atom stereocenters. The molecule has 4 N–H and O–H groups in total. The lowest BCUT2D eigenvalue weighted by Crippen LogP contribution is -2.47. The van der Waals surface area contributed by atoms with Crippen LogP contribution in [0.15, 0.2) is 18.2 Å². The van der Waals surface area contributed by atoms with Gasteiger partial charge in [0, 0.05) is 26.2 Å². The Morgan fingerprint density at radius 2 is 2.00 bits per heavy atom. The Morgan fingerprint density at radius 1 is 1.33 bits per heavy atom. The lowest BCUT2D eigenvalue weighted by Gasteiger charge is -2.33. The van der Waals surface area contributed by atoms with Crippen molar-refractivity contribution in [1.29, 1.82) is 0 Å². The van der Waals surface area contributed by atoms with Gasteiger partial charge in [-0.3, -0.25) is 0 Å². The molecule has 1 aliphatic rings. The van der Waals surface area contributed by atoms with E-state index >= 15 is 0 Å². The molecule has 1 aromatic carbocycles. The number of nitrogens with one attached hydrogen (secondary N) is 1. The summed E-state index contributed by atoms with van der Waals surface area (Å²) < 4.78 is 0. The maximum Gasteiger partial charge on any atom is 0.337 e. The van der Waals surface area contributed by atoms with Crippen LogP contribution in [0, 0.1) is 0 Å². The van der Waals surface area contributed by atoms with Gasteiger partial charge in [-0.05, 0) is 19.2 Å². The van der Waals surface area contributed by atoms with Crippen molar-refractivity contribution in [3.05, 3.63) is 23.8 Å². The lowest BCUT2D eigenvalue weighted by molar-refractivity contribution is 0.0697. The number of aromatic carboxylic acids is 1. The van der Waals surface area contributed by atoms with Crippen molar-refractivity contribution >= 4 is 17.3 Å². The Kier molecular flexibility index (Phi) is 3.69. The van der Waals surface area contributed by atoms with Crippen molar-refractivity contribution in [2.45, 2.75) is 0 Å². The summed E-state index contributed by atoms with van der Waals surface area (Å²) >= 11 is 0. The molecule has 6 heteroatoms. The van der Waals surface area contributed by atoms with Crippen molar-refractivity contribution in [3.8, 4) is 0 Å². The van der Waals surface area contributed by atoms with Gasteiger partial charge in [-0.2, -0.15) is 0 Å². The summed E-state index contributed by atoms with van der Waals surface area (Å²) in [7, 11) is 2.07. The maximum absolute atomic E-state index is 11.1. The second kappa shape index (κ2) is 5.24. The predicted molar refractivity (Wildman–Crippen MR) is 70.5 cm³/mol. The van der Waals surface area contributed by atoms with Gasteiger partial charge >= 0.3 is 5.97 Å². The highest BCUT2D eigenvalue weighted by Crippen LogP contribution is 2.24. The predicted octanol–water partition coefficient (Wildman–Crippen LogP) is 0.541. The molecule has 0 aliphatic carbocycles. The average Bonchev–Trinajstić information content (AvgIpc) is 2.34. The second-order valence-electron chi connectivity index (χ2n) is 4.48. The third-order valence-electron chi connectivity index (χ3n) is 3.10. The molecule has 98 valence electrons. The zero-order chi connectivity index (χ0) is 13.1. The highest BCUT2D eigenvalue weighted by Gasteiger charge is 2.18. The maximum atomic E-state index is 11.1. The molecule has 1 aliphatic heterocycles. The van der Waals surface area contributed by atoms with Gasteiger partial charge < -0.3 is 21.2 Å². The van der Waals surface area contributed by atoms with E-state index in [0.717, 1.165) is 26.2 Å². The van der Waals surface area contributed by atoms with E-state index in [2.05, 4.69) is 17.4 Å². The quantitative estimate of drug-likeness (QED) is 0.679. The van der Waals surface area contributed by atoms with Gasteiger partial charge in [0.05, 0.1) is 16.9 Å². The number of rotatable bonds is 3. The van der Waals surface area contributed by atoms with Crippen LogP contribution in [0.2, 0.25) is 0 Å². The topological polar surface area (TPSA) is 81.8 Å². The molecule has 1 fully saturated rings. The van der Waals surface area contributed by atoms with E-state index in [9.17, 15) is 4.79 Å². The number of anilines is 2. The molecule has 2 rings (SSSR count). The van der Waals surface area contributed by atoms with Crippen LogP contribution in [0.3, 0.4) is 0 Å². The van der Waals surface area contributed by atoms with Gasteiger partial charge in [-0.15, -0.1) is 0 Å². The van der Waals surface area contributed by atoms with Crippen LogP contribution in [-0.2, 0) is 0 Å². The number of carboxylic acid groups (broad SMARTS) is 1. The Hall–Kier alpha value is -1.79. The van der Waals surface area contributed by atoms with E-state index in [0.29, 0.717) is 11.4 Å². The van der Waals surface area contributed by atoms with E-state index in [4.69, 9.17) is 10.8 Å². The first kappa shape index (κ1) is 12.7. The zero-order valence-corrected chi connectivity index (χ0v) is 10.4. The number of hydrogen-bond donors (Lipinski definition) is 3. The van der Waals surface area contributed by atoms with Crippen LogP contribution >= 0.6 is 0 Å². The molecule has 0 spiro atoms. The molecule has 1 saturated heterocycles. The van der Waals surface area contributed by atoms with Crippen LogP contribution in [-0.4, -0.2) is 54.2 Å². The summed E-state index contributed by atoms with van der Waals surface area (Å²) in [6.07, 6.45) is 0. The lowest BCUT2D eigenvalue weighted by atomic mass is 10.1.